The highest BCUT2D eigenvalue weighted by atomic mass is 35.5. The van der Waals surface area contributed by atoms with Crippen molar-refractivity contribution < 1.29 is 4.42 Å². The normalized spacial score (nSPS) is 10.9. The SMILES string of the molecule is CCc1nn(Cc2cc(Cl)n(C)n2)c(=O)o1. The van der Waals surface area contributed by atoms with Crippen molar-refractivity contribution in [2.75, 3.05) is 0 Å². The molecule has 86 valence electrons. The van der Waals surface area contributed by atoms with Gasteiger partial charge in [0.25, 0.3) is 0 Å². The van der Waals surface area contributed by atoms with Gasteiger partial charge in [0.05, 0.1) is 12.2 Å². The molecule has 0 amide bonds. The van der Waals surface area contributed by atoms with E-state index in [1.807, 2.05) is 6.92 Å². The van der Waals surface area contributed by atoms with Crippen molar-refractivity contribution >= 4 is 11.6 Å². The molecule has 2 aromatic heterocycles. The van der Waals surface area contributed by atoms with Crippen LogP contribution in [-0.4, -0.2) is 19.6 Å². The molecule has 0 atom stereocenters. The Bertz CT molecular complexity index is 535. The number of nitrogens with zero attached hydrogens (tertiary/aromatic N) is 4. The zero-order chi connectivity index (χ0) is 11.7. The van der Waals surface area contributed by atoms with Gasteiger partial charge in [-0.05, 0) is 0 Å². The zero-order valence-corrected chi connectivity index (χ0v) is 9.73. The number of hydrogen-bond donors (Lipinski definition) is 0. The van der Waals surface area contributed by atoms with Crippen LogP contribution in [0.2, 0.25) is 5.15 Å². The molecular formula is C9H11ClN4O2. The predicted molar refractivity (Wildman–Crippen MR) is 57.5 cm³/mol. The van der Waals surface area contributed by atoms with E-state index in [4.69, 9.17) is 16.0 Å². The molecule has 2 heterocycles. The van der Waals surface area contributed by atoms with Gasteiger partial charge < -0.3 is 4.42 Å². The quantitative estimate of drug-likeness (QED) is 0.800. The zero-order valence-electron chi connectivity index (χ0n) is 8.97. The van der Waals surface area contributed by atoms with Crippen LogP contribution in [0, 0.1) is 0 Å². The molecule has 0 saturated carbocycles. The predicted octanol–water partition coefficient (Wildman–Crippen LogP) is 0.834. The van der Waals surface area contributed by atoms with Crippen LogP contribution in [0.25, 0.3) is 0 Å². The third kappa shape index (κ3) is 2.01. The first kappa shape index (κ1) is 10.9. The number of hydrogen-bond acceptors (Lipinski definition) is 4. The van der Waals surface area contributed by atoms with Crippen LogP contribution >= 0.6 is 11.6 Å². The van der Waals surface area contributed by atoms with Gasteiger partial charge in [-0.3, -0.25) is 4.68 Å². The summed E-state index contributed by atoms with van der Waals surface area (Å²) in [7, 11) is 1.73. The van der Waals surface area contributed by atoms with Crippen molar-refractivity contribution in [3.8, 4) is 0 Å². The van der Waals surface area contributed by atoms with E-state index in [1.165, 1.54) is 9.36 Å². The van der Waals surface area contributed by atoms with E-state index in [9.17, 15) is 4.79 Å². The molecule has 0 radical (unpaired) electrons. The number of aromatic nitrogens is 4. The Hall–Kier alpha value is -1.56. The van der Waals surface area contributed by atoms with E-state index in [0.29, 0.717) is 23.2 Å². The summed E-state index contributed by atoms with van der Waals surface area (Å²) >= 11 is 5.84. The first-order valence-electron chi connectivity index (χ1n) is 4.85. The van der Waals surface area contributed by atoms with E-state index in [2.05, 4.69) is 10.2 Å². The van der Waals surface area contributed by atoms with E-state index < -0.39 is 5.76 Å². The lowest BCUT2D eigenvalue weighted by atomic mass is 10.4. The highest BCUT2D eigenvalue weighted by Gasteiger charge is 2.09. The van der Waals surface area contributed by atoms with Crippen molar-refractivity contribution in [2.45, 2.75) is 19.9 Å². The Labute approximate surface area is 96.4 Å². The molecular weight excluding hydrogens is 232 g/mol. The molecule has 0 saturated heterocycles. The molecule has 0 fully saturated rings. The molecule has 16 heavy (non-hydrogen) atoms. The third-order valence-corrected chi connectivity index (χ3v) is 2.49. The molecule has 0 unspecified atom stereocenters. The molecule has 7 heteroatoms. The lowest BCUT2D eigenvalue weighted by molar-refractivity contribution is 0.453. The van der Waals surface area contributed by atoms with Gasteiger partial charge in [0.15, 0.2) is 0 Å². The van der Waals surface area contributed by atoms with Gasteiger partial charge in [-0.15, -0.1) is 5.10 Å². The Kier molecular flexibility index (Phi) is 2.82. The Morgan fingerprint density at radius 2 is 2.25 bits per heavy atom. The molecule has 0 bridgehead atoms. The van der Waals surface area contributed by atoms with E-state index in [1.54, 1.807) is 13.1 Å². The van der Waals surface area contributed by atoms with Crippen LogP contribution in [0.3, 0.4) is 0 Å². The van der Waals surface area contributed by atoms with Gasteiger partial charge in [-0.1, -0.05) is 18.5 Å². The van der Waals surface area contributed by atoms with Crippen molar-refractivity contribution in [1.29, 1.82) is 0 Å². The second kappa shape index (κ2) is 4.13. The lowest BCUT2D eigenvalue weighted by Crippen LogP contribution is -2.17. The summed E-state index contributed by atoms with van der Waals surface area (Å²) in [6.45, 7) is 2.14. The largest absolute Gasteiger partial charge is 0.437 e. The van der Waals surface area contributed by atoms with Gasteiger partial charge in [-0.2, -0.15) is 9.78 Å². The van der Waals surface area contributed by atoms with Crippen molar-refractivity contribution in [3.63, 3.8) is 0 Å². The number of rotatable bonds is 3. The van der Waals surface area contributed by atoms with Gasteiger partial charge >= 0.3 is 5.76 Å². The average Bonchev–Trinajstić information content (AvgIpc) is 2.73. The Balaban J connectivity index is 2.26. The molecule has 6 nitrogen and oxygen atoms in total. The molecule has 2 rings (SSSR count). The van der Waals surface area contributed by atoms with Gasteiger partial charge in [0.2, 0.25) is 5.89 Å². The second-order valence-electron chi connectivity index (χ2n) is 3.35. The summed E-state index contributed by atoms with van der Waals surface area (Å²) < 4.78 is 7.67. The summed E-state index contributed by atoms with van der Waals surface area (Å²) in [6.07, 6.45) is 0.589. The first-order chi connectivity index (χ1) is 7.60. The molecule has 0 aliphatic heterocycles. The van der Waals surface area contributed by atoms with Crippen LogP contribution in [0.1, 0.15) is 18.5 Å². The average molecular weight is 243 g/mol. The standard InChI is InChI=1S/C9H11ClN4O2/c1-3-8-12-14(9(15)16-8)5-6-4-7(10)13(2)11-6/h4H,3,5H2,1-2H3. The van der Waals surface area contributed by atoms with Crippen molar-refractivity contribution in [1.82, 2.24) is 19.6 Å². The van der Waals surface area contributed by atoms with Crippen LogP contribution in [0.15, 0.2) is 15.3 Å². The summed E-state index contributed by atoms with van der Waals surface area (Å²) in [6, 6.07) is 1.69. The summed E-state index contributed by atoms with van der Waals surface area (Å²) in [5.41, 5.74) is 0.672. The summed E-state index contributed by atoms with van der Waals surface area (Å²) in [4.78, 5) is 11.4. The minimum Gasteiger partial charge on any atom is -0.392 e. The summed E-state index contributed by atoms with van der Waals surface area (Å²) in [5.74, 6) is -0.0503. The smallest absolute Gasteiger partial charge is 0.392 e. The molecule has 0 N–H and O–H groups in total. The van der Waals surface area contributed by atoms with E-state index in [0.717, 1.165) is 0 Å². The number of aryl methyl sites for hydroxylation is 2. The fourth-order valence-corrected chi connectivity index (χ4v) is 1.49. The van der Waals surface area contributed by atoms with Crippen LogP contribution in [0.4, 0.5) is 0 Å². The fraction of sp³-hybridized carbons (Fsp3) is 0.444. The molecule has 2 aromatic rings. The molecule has 0 aliphatic carbocycles. The lowest BCUT2D eigenvalue weighted by Gasteiger charge is -1.92. The van der Waals surface area contributed by atoms with Gasteiger partial charge in [0, 0.05) is 19.5 Å². The maximum Gasteiger partial charge on any atom is 0.437 e. The maximum absolute atomic E-state index is 11.4. The molecule has 0 aliphatic rings. The highest BCUT2D eigenvalue weighted by Crippen LogP contribution is 2.09. The van der Waals surface area contributed by atoms with Gasteiger partial charge in [-0.25, -0.2) is 4.79 Å². The topological polar surface area (TPSA) is 65.8 Å². The highest BCUT2D eigenvalue weighted by molar-refractivity contribution is 6.29. The first-order valence-corrected chi connectivity index (χ1v) is 5.23. The second-order valence-corrected chi connectivity index (χ2v) is 3.74. The summed E-state index contributed by atoms with van der Waals surface area (Å²) in [5, 5.41) is 8.65. The molecule has 0 aromatic carbocycles. The van der Waals surface area contributed by atoms with Crippen molar-refractivity contribution in [2.24, 2.45) is 7.05 Å². The fourth-order valence-electron chi connectivity index (χ4n) is 1.32. The Morgan fingerprint density at radius 1 is 1.50 bits per heavy atom. The van der Waals surface area contributed by atoms with Crippen LogP contribution in [-0.2, 0) is 20.0 Å². The minimum absolute atomic E-state index is 0.267. The maximum atomic E-state index is 11.4. The van der Waals surface area contributed by atoms with Crippen LogP contribution < -0.4 is 5.76 Å². The number of halogens is 1. The van der Waals surface area contributed by atoms with E-state index >= 15 is 0 Å². The Morgan fingerprint density at radius 3 is 2.75 bits per heavy atom. The van der Waals surface area contributed by atoms with Crippen LogP contribution in [0.5, 0.6) is 0 Å². The van der Waals surface area contributed by atoms with E-state index in [-0.39, 0.29) is 6.54 Å². The molecule has 0 spiro atoms. The third-order valence-electron chi connectivity index (χ3n) is 2.14. The van der Waals surface area contributed by atoms with Crippen molar-refractivity contribution in [3.05, 3.63) is 33.4 Å². The van der Waals surface area contributed by atoms with Gasteiger partial charge in [0.1, 0.15) is 5.15 Å². The monoisotopic (exact) mass is 242 g/mol. The minimum atomic E-state index is -0.473.